The molecule has 2 unspecified atom stereocenters. The summed E-state index contributed by atoms with van der Waals surface area (Å²) in [6.07, 6.45) is 0.522. The van der Waals surface area contributed by atoms with Crippen LogP contribution in [0.25, 0.3) is 0 Å². The quantitative estimate of drug-likeness (QED) is 0.839. The van der Waals surface area contributed by atoms with Crippen LogP contribution < -0.4 is 10.1 Å². The SMILES string of the molecule is CNC(C(=O)O)[C@@H]1OC(Sc2cccc(OC)c2)C[C@H]1C. The Kier molecular flexibility index (Phi) is 5.50. The number of hydrogen-bond donors (Lipinski definition) is 2. The summed E-state index contributed by atoms with van der Waals surface area (Å²) >= 11 is 1.60. The summed E-state index contributed by atoms with van der Waals surface area (Å²) in [7, 11) is 3.29. The molecule has 0 aromatic heterocycles. The van der Waals surface area contributed by atoms with Crippen molar-refractivity contribution in [3.8, 4) is 5.75 Å². The maximum absolute atomic E-state index is 11.2. The summed E-state index contributed by atoms with van der Waals surface area (Å²) in [5.41, 5.74) is -0.0349. The molecule has 5 nitrogen and oxygen atoms in total. The van der Waals surface area contributed by atoms with Gasteiger partial charge in [0.1, 0.15) is 17.2 Å². The van der Waals surface area contributed by atoms with Crippen LogP contribution in [-0.4, -0.2) is 42.8 Å². The van der Waals surface area contributed by atoms with Gasteiger partial charge in [0.25, 0.3) is 0 Å². The van der Waals surface area contributed by atoms with E-state index in [1.165, 1.54) is 0 Å². The van der Waals surface area contributed by atoms with Crippen molar-refractivity contribution in [1.29, 1.82) is 0 Å². The number of thioether (sulfide) groups is 1. The highest BCUT2D eigenvalue weighted by molar-refractivity contribution is 7.99. The van der Waals surface area contributed by atoms with Crippen LogP contribution in [0.5, 0.6) is 5.75 Å². The minimum atomic E-state index is -0.874. The van der Waals surface area contributed by atoms with Gasteiger partial charge in [-0.1, -0.05) is 24.8 Å². The number of aliphatic carboxylic acids is 1. The first-order chi connectivity index (χ1) is 10.0. The maximum atomic E-state index is 11.2. The van der Waals surface area contributed by atoms with E-state index in [4.69, 9.17) is 9.47 Å². The summed E-state index contributed by atoms with van der Waals surface area (Å²) in [5.74, 6) is 0.129. The third-order valence-corrected chi connectivity index (χ3v) is 4.74. The molecule has 1 aliphatic heterocycles. The summed E-state index contributed by atoms with van der Waals surface area (Å²) in [4.78, 5) is 12.3. The predicted octanol–water partition coefficient (Wildman–Crippen LogP) is 2.21. The molecule has 116 valence electrons. The second-order valence-corrected chi connectivity index (χ2v) is 6.38. The molecule has 0 saturated carbocycles. The molecular formula is C15H21NO4S. The summed E-state index contributed by atoms with van der Waals surface area (Å²) in [6.45, 7) is 2.03. The largest absolute Gasteiger partial charge is 0.497 e. The Morgan fingerprint density at radius 2 is 2.33 bits per heavy atom. The number of hydrogen-bond acceptors (Lipinski definition) is 5. The average Bonchev–Trinajstić information content (AvgIpc) is 2.80. The van der Waals surface area contributed by atoms with E-state index in [0.29, 0.717) is 0 Å². The smallest absolute Gasteiger partial charge is 0.323 e. The normalized spacial score (nSPS) is 26.5. The number of nitrogens with one attached hydrogen (secondary N) is 1. The predicted molar refractivity (Wildman–Crippen MR) is 81.8 cm³/mol. The second kappa shape index (κ2) is 7.15. The van der Waals surface area contributed by atoms with E-state index in [2.05, 4.69) is 5.32 Å². The highest BCUT2D eigenvalue weighted by Gasteiger charge is 2.40. The van der Waals surface area contributed by atoms with Gasteiger partial charge in [-0.3, -0.25) is 4.79 Å². The van der Waals surface area contributed by atoms with E-state index < -0.39 is 12.0 Å². The van der Waals surface area contributed by atoms with E-state index in [1.54, 1.807) is 25.9 Å². The van der Waals surface area contributed by atoms with Gasteiger partial charge in [0.2, 0.25) is 0 Å². The lowest BCUT2D eigenvalue weighted by Crippen LogP contribution is -2.46. The number of carbonyl (C=O) groups is 1. The zero-order chi connectivity index (χ0) is 15.4. The number of ether oxygens (including phenoxy) is 2. The van der Waals surface area contributed by atoms with E-state index in [-0.39, 0.29) is 17.5 Å². The Morgan fingerprint density at radius 1 is 1.57 bits per heavy atom. The lowest BCUT2D eigenvalue weighted by atomic mass is 9.98. The van der Waals surface area contributed by atoms with Gasteiger partial charge in [-0.2, -0.15) is 0 Å². The van der Waals surface area contributed by atoms with Gasteiger partial charge in [0.15, 0.2) is 0 Å². The van der Waals surface area contributed by atoms with E-state index >= 15 is 0 Å². The van der Waals surface area contributed by atoms with Gasteiger partial charge in [-0.15, -0.1) is 0 Å². The number of likely N-dealkylation sites (N-methyl/N-ethyl adjacent to an activating group) is 1. The third-order valence-electron chi connectivity index (χ3n) is 3.65. The Labute approximate surface area is 129 Å². The van der Waals surface area contributed by atoms with Crippen LogP contribution in [-0.2, 0) is 9.53 Å². The lowest BCUT2D eigenvalue weighted by Gasteiger charge is -2.22. The number of carboxylic acid groups (broad SMARTS) is 1. The number of carboxylic acids is 1. The van der Waals surface area contributed by atoms with Crippen LogP contribution in [0, 0.1) is 5.92 Å². The molecule has 0 radical (unpaired) electrons. The topological polar surface area (TPSA) is 67.8 Å². The van der Waals surface area contributed by atoms with Crippen molar-refractivity contribution < 1.29 is 19.4 Å². The molecule has 1 heterocycles. The minimum absolute atomic E-state index is 0.0349. The number of benzene rings is 1. The van der Waals surface area contributed by atoms with Crippen LogP contribution in [0.3, 0.4) is 0 Å². The maximum Gasteiger partial charge on any atom is 0.323 e. The van der Waals surface area contributed by atoms with Crippen LogP contribution in [0.15, 0.2) is 29.2 Å². The van der Waals surface area contributed by atoms with Gasteiger partial charge in [-0.25, -0.2) is 0 Å². The summed E-state index contributed by atoms with van der Waals surface area (Å²) < 4.78 is 11.2. The van der Waals surface area contributed by atoms with Crippen LogP contribution >= 0.6 is 11.8 Å². The van der Waals surface area contributed by atoms with Crippen molar-refractivity contribution in [3.05, 3.63) is 24.3 Å². The van der Waals surface area contributed by atoms with Gasteiger partial charge >= 0.3 is 5.97 Å². The van der Waals surface area contributed by atoms with Crippen LogP contribution in [0.4, 0.5) is 0 Å². The van der Waals surface area contributed by atoms with Gasteiger partial charge < -0.3 is 19.9 Å². The zero-order valence-electron chi connectivity index (χ0n) is 12.4. The van der Waals surface area contributed by atoms with Crippen molar-refractivity contribution in [2.24, 2.45) is 5.92 Å². The van der Waals surface area contributed by atoms with Crippen LogP contribution in [0.1, 0.15) is 13.3 Å². The zero-order valence-corrected chi connectivity index (χ0v) is 13.2. The average molecular weight is 311 g/mol. The fourth-order valence-corrected chi connectivity index (χ4v) is 3.77. The van der Waals surface area contributed by atoms with Crippen molar-refractivity contribution in [2.75, 3.05) is 14.2 Å². The molecule has 1 fully saturated rings. The van der Waals surface area contributed by atoms with Crippen LogP contribution in [0.2, 0.25) is 0 Å². The van der Waals surface area contributed by atoms with Gasteiger partial charge in [0, 0.05) is 4.90 Å². The molecule has 0 amide bonds. The van der Waals surface area contributed by atoms with Crippen molar-refractivity contribution in [2.45, 2.75) is 35.8 Å². The molecule has 6 heteroatoms. The first-order valence-corrected chi connectivity index (χ1v) is 7.79. The lowest BCUT2D eigenvalue weighted by molar-refractivity contribution is -0.143. The standard InChI is InChI=1S/C15H21NO4S/c1-9-7-12(20-14(9)13(16-2)15(17)18)21-11-6-4-5-10(8-11)19-3/h4-6,8-9,12-14,16H,7H2,1-3H3,(H,17,18)/t9-,12?,13?,14-/m1/s1. The number of rotatable bonds is 6. The molecule has 1 aromatic carbocycles. The molecule has 1 saturated heterocycles. The fourth-order valence-electron chi connectivity index (χ4n) is 2.54. The molecule has 0 spiro atoms. The monoisotopic (exact) mass is 311 g/mol. The molecule has 4 atom stereocenters. The third kappa shape index (κ3) is 3.90. The van der Waals surface area contributed by atoms with E-state index in [0.717, 1.165) is 17.1 Å². The molecule has 1 aromatic rings. The molecule has 2 N–H and O–H groups in total. The number of methoxy groups -OCH3 is 1. The Balaban J connectivity index is 2.01. The Morgan fingerprint density at radius 3 is 2.95 bits per heavy atom. The summed E-state index contributed by atoms with van der Waals surface area (Å²) in [5, 5.41) is 12.1. The first-order valence-electron chi connectivity index (χ1n) is 6.91. The molecular weight excluding hydrogens is 290 g/mol. The van der Waals surface area contributed by atoms with Crippen molar-refractivity contribution in [1.82, 2.24) is 5.32 Å². The Hall–Kier alpha value is -1.24. The van der Waals surface area contributed by atoms with E-state index in [1.807, 2.05) is 31.2 Å². The van der Waals surface area contributed by atoms with Gasteiger partial charge in [0.05, 0.1) is 13.2 Å². The minimum Gasteiger partial charge on any atom is -0.497 e. The Bertz CT molecular complexity index is 496. The second-order valence-electron chi connectivity index (χ2n) is 5.14. The molecule has 0 aliphatic carbocycles. The highest BCUT2D eigenvalue weighted by atomic mass is 32.2. The fraction of sp³-hybridized carbons (Fsp3) is 0.533. The van der Waals surface area contributed by atoms with Crippen molar-refractivity contribution in [3.63, 3.8) is 0 Å². The molecule has 1 aliphatic rings. The van der Waals surface area contributed by atoms with Gasteiger partial charge in [-0.05, 0) is 37.6 Å². The van der Waals surface area contributed by atoms with Crippen molar-refractivity contribution >= 4 is 17.7 Å². The molecule has 21 heavy (non-hydrogen) atoms. The first kappa shape index (κ1) is 16.1. The summed E-state index contributed by atoms with van der Waals surface area (Å²) in [6, 6.07) is 7.12. The van der Waals surface area contributed by atoms with E-state index in [9.17, 15) is 9.90 Å². The molecule has 0 bridgehead atoms. The highest BCUT2D eigenvalue weighted by Crippen LogP contribution is 2.38. The molecule has 2 rings (SSSR count).